The van der Waals surface area contributed by atoms with Crippen LogP contribution in [0.15, 0.2) is 67.3 Å². The normalized spacial score (nSPS) is 18.7. The second-order valence-electron chi connectivity index (χ2n) is 11.3. The van der Waals surface area contributed by atoms with Crippen LogP contribution in [0.2, 0.25) is 0 Å². The van der Waals surface area contributed by atoms with Gasteiger partial charge in [-0.15, -0.1) is 0 Å². The van der Waals surface area contributed by atoms with Crippen molar-refractivity contribution in [2.45, 2.75) is 44.5 Å². The molecule has 0 spiro atoms. The van der Waals surface area contributed by atoms with E-state index in [1.165, 1.54) is 18.2 Å². The van der Waals surface area contributed by atoms with Crippen molar-refractivity contribution in [3.8, 4) is 11.5 Å². The van der Waals surface area contributed by atoms with Gasteiger partial charge < -0.3 is 15.2 Å². The molecule has 5 N–H and O–H groups in total. The molecule has 0 aliphatic carbocycles. The largest absolute Gasteiger partial charge is 0.506 e. The number of fused-ring (bicyclic) bond motifs is 1. The van der Waals surface area contributed by atoms with Gasteiger partial charge in [-0.05, 0) is 60.7 Å². The number of hydrogen-bond acceptors (Lipinski definition) is 10. The van der Waals surface area contributed by atoms with Crippen LogP contribution in [0.5, 0.6) is 11.5 Å². The summed E-state index contributed by atoms with van der Waals surface area (Å²) < 4.78 is 48.5. The Labute approximate surface area is 276 Å². The van der Waals surface area contributed by atoms with Gasteiger partial charge in [0.15, 0.2) is 5.82 Å². The summed E-state index contributed by atoms with van der Waals surface area (Å²) in [6.07, 6.45) is 1.12. The lowest BCUT2D eigenvalue weighted by atomic mass is 10.0. The highest BCUT2D eigenvalue weighted by molar-refractivity contribution is 7.92. The van der Waals surface area contributed by atoms with E-state index in [9.17, 15) is 32.7 Å². The predicted octanol–water partition coefficient (Wildman–Crippen LogP) is 1.87. The summed E-state index contributed by atoms with van der Waals surface area (Å²) in [7, 11) is -4.38. The number of rotatable bonds is 13. The molecule has 3 aromatic rings. The van der Waals surface area contributed by atoms with Crippen LogP contribution in [0.1, 0.15) is 26.2 Å². The van der Waals surface area contributed by atoms with Crippen molar-refractivity contribution in [2.75, 3.05) is 29.3 Å². The third-order valence-corrected chi connectivity index (χ3v) is 9.18. The first-order valence-corrected chi connectivity index (χ1v) is 16.6. The van der Waals surface area contributed by atoms with Gasteiger partial charge in [0.1, 0.15) is 36.0 Å². The molecule has 16 heteroatoms. The van der Waals surface area contributed by atoms with Gasteiger partial charge in [0.2, 0.25) is 17.7 Å². The van der Waals surface area contributed by atoms with Crippen LogP contribution in [-0.4, -0.2) is 80.0 Å². The number of carbonyl (C=O) groups is 4. The lowest BCUT2D eigenvalue weighted by Gasteiger charge is -2.38. The molecule has 2 aliphatic rings. The molecule has 3 unspecified atom stereocenters. The lowest BCUT2D eigenvalue weighted by molar-refractivity contribution is -0.135. The highest BCUT2D eigenvalue weighted by Crippen LogP contribution is 2.39. The smallest absolute Gasteiger partial charge is 0.326 e. The molecule has 48 heavy (non-hydrogen) atoms. The number of phenolic OH excluding ortho intramolecular Hbond substituents is 1. The maximum Gasteiger partial charge on any atom is 0.326 e. The fourth-order valence-corrected chi connectivity index (χ4v) is 6.82. The van der Waals surface area contributed by atoms with Crippen molar-refractivity contribution in [1.82, 2.24) is 20.3 Å². The van der Waals surface area contributed by atoms with Crippen molar-refractivity contribution < 1.29 is 41.8 Å². The molecule has 0 bridgehead atoms. The molecule has 2 saturated heterocycles. The molecule has 0 aromatic heterocycles. The van der Waals surface area contributed by atoms with Crippen LogP contribution in [0.25, 0.3) is 10.8 Å². The maximum absolute atomic E-state index is 15.5. The van der Waals surface area contributed by atoms with Crippen molar-refractivity contribution in [3.63, 3.8) is 0 Å². The van der Waals surface area contributed by atoms with E-state index in [-0.39, 0.29) is 41.8 Å². The Bertz CT molecular complexity index is 1860. The molecule has 3 atom stereocenters. The summed E-state index contributed by atoms with van der Waals surface area (Å²) in [6.45, 7) is 5.38. The number of anilines is 2. The Morgan fingerprint density at radius 2 is 1.94 bits per heavy atom. The third kappa shape index (κ3) is 7.56. The van der Waals surface area contributed by atoms with Crippen molar-refractivity contribution in [1.29, 1.82) is 0 Å². The van der Waals surface area contributed by atoms with Gasteiger partial charge in [-0.1, -0.05) is 31.7 Å². The average Bonchev–Trinajstić information content (AvgIpc) is 3.30. The number of halogens is 1. The Hall–Kier alpha value is -5.06. The number of para-hydroxylation sites is 1. The van der Waals surface area contributed by atoms with Crippen LogP contribution < -0.4 is 29.7 Å². The zero-order valence-electron chi connectivity index (χ0n) is 25.9. The second-order valence-corrected chi connectivity index (χ2v) is 12.9. The summed E-state index contributed by atoms with van der Waals surface area (Å²) in [5.41, 5.74) is -0.409. The molecule has 254 valence electrons. The molecular formula is C32H35FN6O8S. The van der Waals surface area contributed by atoms with E-state index in [4.69, 9.17) is 4.74 Å². The van der Waals surface area contributed by atoms with Crippen LogP contribution in [0.4, 0.5) is 15.8 Å². The van der Waals surface area contributed by atoms with Gasteiger partial charge in [0.05, 0.1) is 12.6 Å². The number of hydrogen-bond donors (Lipinski definition) is 5. The van der Waals surface area contributed by atoms with Crippen LogP contribution in [0, 0.1) is 5.82 Å². The minimum atomic E-state index is -4.38. The summed E-state index contributed by atoms with van der Waals surface area (Å²) in [5.74, 6) is -3.42. The predicted molar refractivity (Wildman–Crippen MR) is 175 cm³/mol. The Balaban J connectivity index is 1.38. The van der Waals surface area contributed by atoms with E-state index in [2.05, 4.69) is 22.5 Å². The minimum Gasteiger partial charge on any atom is -0.506 e. The molecule has 5 rings (SSSR count). The Morgan fingerprint density at radius 1 is 1.19 bits per heavy atom. The summed E-state index contributed by atoms with van der Waals surface area (Å²) >= 11 is 0. The van der Waals surface area contributed by atoms with E-state index in [1.54, 1.807) is 40.0 Å². The van der Waals surface area contributed by atoms with Crippen LogP contribution >= 0.6 is 0 Å². The molecule has 14 nitrogen and oxygen atoms in total. The Kier molecular flexibility index (Phi) is 10.3. The van der Waals surface area contributed by atoms with Crippen molar-refractivity contribution in [2.24, 2.45) is 0 Å². The molecule has 2 heterocycles. The number of benzene rings is 3. The van der Waals surface area contributed by atoms with Gasteiger partial charge in [-0.3, -0.25) is 34.7 Å². The van der Waals surface area contributed by atoms with E-state index in [1.807, 2.05) is 13.0 Å². The van der Waals surface area contributed by atoms with Crippen LogP contribution in [0.3, 0.4) is 0 Å². The molecule has 2 fully saturated rings. The van der Waals surface area contributed by atoms with Gasteiger partial charge >= 0.3 is 10.2 Å². The third-order valence-electron chi connectivity index (χ3n) is 7.81. The number of amides is 4. The van der Waals surface area contributed by atoms with E-state index in [0.29, 0.717) is 23.0 Å². The van der Waals surface area contributed by atoms with Gasteiger partial charge in [0, 0.05) is 24.0 Å². The van der Waals surface area contributed by atoms with Crippen LogP contribution in [-0.2, 0) is 29.4 Å². The highest BCUT2D eigenvalue weighted by atomic mass is 32.2. The van der Waals surface area contributed by atoms with Crippen molar-refractivity contribution in [3.05, 3.63) is 73.1 Å². The molecule has 4 amide bonds. The first-order valence-electron chi connectivity index (χ1n) is 15.2. The number of piperidine rings is 1. The Morgan fingerprint density at radius 3 is 2.58 bits per heavy atom. The van der Waals surface area contributed by atoms with Gasteiger partial charge in [-0.25, -0.2) is 13.4 Å². The number of imide groups is 1. The van der Waals surface area contributed by atoms with Gasteiger partial charge in [-0.2, -0.15) is 8.42 Å². The zero-order chi connectivity index (χ0) is 34.6. The highest BCUT2D eigenvalue weighted by Gasteiger charge is 2.38. The molecule has 2 aliphatic heterocycles. The van der Waals surface area contributed by atoms with E-state index < -0.39 is 70.0 Å². The number of aromatic hydroxyl groups is 1. The SMILES string of the molecule is C=CC(Oc1ccccc1)C(NC1CCC(=O)NC1=O)N(CCC)CC(=O)Nc1ccc2c(F)c(N3CC(=O)NS3(=O)=O)c(O)cc2c1. The standard InChI is InChI=1S/C32H35FN6O8S/c1-3-14-38(31(35-23-12-13-26(41)36-32(23)44)25(4-2)47-21-8-6-5-7-9-21)17-27(42)34-20-10-11-22-19(15-20)16-24(40)30(29(22)33)39-18-28(43)37-48(39,45)46/h4-11,15-16,23,25,31,35,40H,2-3,12-14,17-18H2,1H3,(H,34,42)(H,37,43)(H,36,41,44). The van der Waals surface area contributed by atoms with E-state index >= 15 is 4.39 Å². The monoisotopic (exact) mass is 682 g/mol. The average molecular weight is 683 g/mol. The molecule has 0 saturated carbocycles. The summed E-state index contributed by atoms with van der Waals surface area (Å²) in [5, 5.41) is 19.1. The molecular weight excluding hydrogens is 647 g/mol. The van der Waals surface area contributed by atoms with E-state index in [0.717, 1.165) is 6.07 Å². The number of nitrogens with zero attached hydrogens (tertiary/aromatic N) is 2. The minimum absolute atomic E-state index is 0.0525. The van der Waals surface area contributed by atoms with Crippen molar-refractivity contribution >= 4 is 56.0 Å². The first kappa shape index (κ1) is 34.3. The summed E-state index contributed by atoms with van der Waals surface area (Å²) in [6, 6.07) is 13.5. The lowest BCUT2D eigenvalue weighted by Crippen LogP contribution is -2.62. The first-order chi connectivity index (χ1) is 22.9. The number of phenols is 1. The fourth-order valence-electron chi connectivity index (χ4n) is 5.65. The second kappa shape index (κ2) is 14.4. The number of carbonyl (C=O) groups excluding carboxylic acids is 4. The zero-order valence-corrected chi connectivity index (χ0v) is 26.8. The maximum atomic E-state index is 15.5. The molecule has 0 radical (unpaired) electrons. The number of nitrogens with one attached hydrogen (secondary N) is 4. The quantitative estimate of drug-likeness (QED) is 0.101. The molecule has 3 aromatic carbocycles. The summed E-state index contributed by atoms with van der Waals surface area (Å²) in [4.78, 5) is 51.4. The van der Waals surface area contributed by atoms with Gasteiger partial charge in [0.25, 0.3) is 5.91 Å². The topological polar surface area (TPSA) is 186 Å². The fraction of sp³-hybridized carbons (Fsp3) is 0.312. The number of ether oxygens (including phenoxy) is 1.